The average molecular weight is 429 g/mol. The summed E-state index contributed by atoms with van der Waals surface area (Å²) >= 11 is 0. The van der Waals surface area contributed by atoms with Crippen molar-refractivity contribution in [2.24, 2.45) is 5.92 Å². The van der Waals surface area contributed by atoms with Gasteiger partial charge in [0.2, 0.25) is 0 Å². The number of nitrogens with zero attached hydrogens (tertiary/aromatic N) is 1. The van der Waals surface area contributed by atoms with Crippen molar-refractivity contribution in [2.45, 2.75) is 56.1 Å². The minimum atomic E-state index is -1.02. The molecule has 2 aliphatic heterocycles. The Morgan fingerprint density at radius 1 is 1.31 bits per heavy atom. The molecule has 3 saturated carbocycles. The molecule has 3 heterocycles. The number of carbonyl (C=O) groups is 1. The Morgan fingerprint density at radius 3 is 2.84 bits per heavy atom. The van der Waals surface area contributed by atoms with Crippen LogP contribution in [0.5, 0.6) is 0 Å². The molecule has 3 fully saturated rings. The van der Waals surface area contributed by atoms with E-state index in [9.17, 15) is 4.79 Å². The van der Waals surface area contributed by atoms with Crippen molar-refractivity contribution in [3.63, 3.8) is 0 Å². The fourth-order valence-corrected chi connectivity index (χ4v) is 7.44. The van der Waals surface area contributed by atoms with Crippen LogP contribution in [0.4, 0.5) is 4.39 Å². The minimum absolute atomic E-state index is 0.110. The third-order valence-corrected chi connectivity index (χ3v) is 8.71. The van der Waals surface area contributed by atoms with E-state index in [0.717, 1.165) is 41.3 Å². The number of carboxylic acids is 1. The van der Waals surface area contributed by atoms with Gasteiger partial charge < -0.3 is 10.1 Å². The molecule has 2 bridgehead atoms. The number of benzene rings is 2. The lowest BCUT2D eigenvalue weighted by molar-refractivity contribution is -0.211. The Hall–Kier alpha value is -2.92. The molecule has 5 aliphatic rings. The summed E-state index contributed by atoms with van der Waals surface area (Å²) in [5, 5.41) is 10.3. The van der Waals surface area contributed by atoms with Gasteiger partial charge in [-0.1, -0.05) is 31.2 Å². The Kier molecular flexibility index (Phi) is 3.55. The minimum Gasteiger partial charge on any atom is -0.478 e. The molecule has 3 aliphatic carbocycles. The average Bonchev–Trinajstić information content (AvgIpc) is 3.08. The molecular weight excluding hydrogens is 403 g/mol. The third kappa shape index (κ3) is 2.13. The highest BCUT2D eigenvalue weighted by Gasteiger charge is 2.73. The number of rotatable bonds is 3. The number of fused-ring (bicyclic) bond motifs is 7. The van der Waals surface area contributed by atoms with Crippen molar-refractivity contribution in [2.75, 3.05) is 0 Å². The predicted octanol–water partition coefficient (Wildman–Crippen LogP) is 5.39. The highest BCUT2D eigenvalue weighted by molar-refractivity contribution is 5.86. The molecule has 8 rings (SSSR count). The molecule has 5 heteroatoms. The van der Waals surface area contributed by atoms with Crippen LogP contribution in [0.15, 0.2) is 42.5 Å². The van der Waals surface area contributed by atoms with Crippen LogP contribution in [0, 0.1) is 11.7 Å². The number of halogens is 1. The third-order valence-electron chi connectivity index (χ3n) is 8.71. The maximum atomic E-state index is 15.8. The molecule has 2 N–H and O–H groups in total. The van der Waals surface area contributed by atoms with E-state index in [-0.39, 0.29) is 17.4 Å². The fourth-order valence-electron chi connectivity index (χ4n) is 7.44. The van der Waals surface area contributed by atoms with Crippen molar-refractivity contribution in [3.05, 3.63) is 76.2 Å². The monoisotopic (exact) mass is 428 g/mol. The van der Waals surface area contributed by atoms with E-state index in [1.54, 1.807) is 0 Å². The second kappa shape index (κ2) is 6.10. The maximum Gasteiger partial charge on any atom is 0.328 e. The highest BCUT2D eigenvalue weighted by atomic mass is 19.1. The molecule has 3 atom stereocenters. The highest BCUT2D eigenvalue weighted by Crippen LogP contribution is 2.75. The Balaban J connectivity index is 1.49. The zero-order valence-electron chi connectivity index (χ0n) is 17.9. The number of H-pyrrole nitrogens is 1. The lowest BCUT2D eigenvalue weighted by Gasteiger charge is -2.77. The first kappa shape index (κ1) is 18.6. The van der Waals surface area contributed by atoms with Gasteiger partial charge >= 0.3 is 5.97 Å². The van der Waals surface area contributed by atoms with E-state index >= 15 is 4.39 Å². The predicted molar refractivity (Wildman–Crippen MR) is 121 cm³/mol. The lowest BCUT2D eigenvalue weighted by Crippen LogP contribution is -2.78. The Bertz CT molecular complexity index is 1330. The van der Waals surface area contributed by atoms with E-state index in [2.05, 4.69) is 41.1 Å². The van der Waals surface area contributed by atoms with Gasteiger partial charge in [0.1, 0.15) is 5.82 Å². The largest absolute Gasteiger partial charge is 0.478 e. The van der Waals surface area contributed by atoms with Crippen LogP contribution in [0.2, 0.25) is 0 Å². The molecule has 0 amide bonds. The van der Waals surface area contributed by atoms with Crippen LogP contribution in [0.25, 0.3) is 17.0 Å². The van der Waals surface area contributed by atoms with E-state index in [4.69, 9.17) is 5.11 Å². The smallest absolute Gasteiger partial charge is 0.328 e. The number of para-hydroxylation sites is 1. The second-order valence-electron chi connectivity index (χ2n) is 10.1. The van der Waals surface area contributed by atoms with Gasteiger partial charge in [-0.15, -0.1) is 0 Å². The molecule has 32 heavy (non-hydrogen) atoms. The van der Waals surface area contributed by atoms with E-state index in [1.807, 2.05) is 6.07 Å². The van der Waals surface area contributed by atoms with Gasteiger partial charge in [-0.3, -0.25) is 4.90 Å². The van der Waals surface area contributed by atoms with Gasteiger partial charge in [0.05, 0.1) is 6.04 Å². The number of hydrogen-bond acceptors (Lipinski definition) is 2. The topological polar surface area (TPSA) is 56.3 Å². The van der Waals surface area contributed by atoms with Crippen LogP contribution in [-0.2, 0) is 11.2 Å². The molecule has 1 spiro atoms. The summed E-state index contributed by atoms with van der Waals surface area (Å²) in [5.74, 6) is -0.251. The number of carboxylic acid groups (broad SMARTS) is 1. The second-order valence-corrected chi connectivity index (χ2v) is 10.1. The van der Waals surface area contributed by atoms with Crippen LogP contribution >= 0.6 is 0 Å². The quantitative estimate of drug-likeness (QED) is 0.550. The first-order valence-electron chi connectivity index (χ1n) is 11.6. The summed E-state index contributed by atoms with van der Waals surface area (Å²) in [5.41, 5.74) is 6.26. The van der Waals surface area contributed by atoms with Crippen LogP contribution in [0.1, 0.15) is 66.1 Å². The molecule has 0 saturated heterocycles. The van der Waals surface area contributed by atoms with E-state index < -0.39 is 5.97 Å². The molecule has 3 aromatic rings. The van der Waals surface area contributed by atoms with Crippen molar-refractivity contribution in [3.8, 4) is 0 Å². The number of aromatic amines is 1. The van der Waals surface area contributed by atoms with Gasteiger partial charge in [-0.25, -0.2) is 9.18 Å². The Labute approximate surface area is 185 Å². The molecule has 4 nitrogen and oxygen atoms in total. The summed E-state index contributed by atoms with van der Waals surface area (Å²) < 4.78 is 15.8. The number of nitrogens with one attached hydrogen (secondary N) is 1. The molecule has 1 aromatic heterocycles. The molecule has 3 unspecified atom stereocenters. The fraction of sp³-hybridized carbons (Fsp3) is 0.370. The van der Waals surface area contributed by atoms with Gasteiger partial charge in [0, 0.05) is 45.7 Å². The van der Waals surface area contributed by atoms with Gasteiger partial charge in [-0.2, -0.15) is 0 Å². The summed E-state index contributed by atoms with van der Waals surface area (Å²) in [6, 6.07) is 12.3. The van der Waals surface area contributed by atoms with Crippen LogP contribution in [-0.4, -0.2) is 32.5 Å². The SMILES string of the molecule is CCC1Cc2c([nH]c3ccccc23)C2c3c(F)cc(/C=C/C(=O)O)cc3C3C4CC3(C4)N12. The number of aromatic nitrogens is 1. The summed E-state index contributed by atoms with van der Waals surface area (Å²) in [7, 11) is 0. The van der Waals surface area contributed by atoms with E-state index in [1.165, 1.54) is 35.9 Å². The van der Waals surface area contributed by atoms with Gasteiger partial charge in [0.15, 0.2) is 0 Å². The summed E-state index contributed by atoms with van der Waals surface area (Å²) in [6.45, 7) is 2.26. The lowest BCUT2D eigenvalue weighted by atomic mass is 9.37. The van der Waals surface area contributed by atoms with E-state index in [0.29, 0.717) is 23.4 Å². The molecule has 162 valence electrons. The van der Waals surface area contributed by atoms with Crippen LogP contribution in [0.3, 0.4) is 0 Å². The van der Waals surface area contributed by atoms with Crippen molar-refractivity contribution in [1.82, 2.24) is 9.88 Å². The van der Waals surface area contributed by atoms with Crippen LogP contribution < -0.4 is 0 Å². The van der Waals surface area contributed by atoms with Crippen molar-refractivity contribution >= 4 is 22.9 Å². The maximum absolute atomic E-state index is 15.8. The zero-order valence-corrected chi connectivity index (χ0v) is 17.9. The number of aliphatic carboxylic acids is 1. The summed E-state index contributed by atoms with van der Waals surface area (Å²) in [4.78, 5) is 17.4. The zero-order chi connectivity index (χ0) is 21.8. The first-order chi connectivity index (χ1) is 15.5. The van der Waals surface area contributed by atoms with Gasteiger partial charge in [0.25, 0.3) is 0 Å². The van der Waals surface area contributed by atoms with Gasteiger partial charge in [-0.05, 0) is 66.5 Å². The van der Waals surface area contributed by atoms with Crippen molar-refractivity contribution in [1.29, 1.82) is 0 Å². The molecular formula is C27H25FN2O2. The van der Waals surface area contributed by atoms with Crippen molar-refractivity contribution < 1.29 is 14.3 Å². The number of hydrogen-bond donors (Lipinski definition) is 2. The summed E-state index contributed by atoms with van der Waals surface area (Å²) in [6.07, 6.45) is 7.04. The first-order valence-corrected chi connectivity index (χ1v) is 11.6. The Morgan fingerprint density at radius 2 is 2.12 bits per heavy atom. The standard InChI is InChI=1S/C27H25FN2O2/c1-2-16-11-18-17-5-3-4-6-21(17)29-25(18)26-23-19(24-15-12-27(24,13-15)30(16)26)9-14(10-20(23)28)7-8-22(31)32/h3-10,15-16,24,26,29H,2,11-13H2,1H3,(H,31,32)/b8-7+. The molecule has 2 aromatic carbocycles. The molecule has 0 radical (unpaired) electrons. The normalized spacial score (nSPS) is 31.9.